The molecule has 4 atom stereocenters. The molecule has 0 fully saturated rings. The van der Waals surface area contributed by atoms with E-state index in [0.29, 0.717) is 34.4 Å². The number of ether oxygens (including phenoxy) is 6. The van der Waals surface area contributed by atoms with Crippen molar-refractivity contribution in [2.75, 3.05) is 26.4 Å². The van der Waals surface area contributed by atoms with Crippen LogP contribution in [0.25, 0.3) is 22.3 Å². The smallest absolute Gasteiger partial charge is 0.338 e. The van der Waals surface area contributed by atoms with Gasteiger partial charge >= 0.3 is 23.9 Å². The van der Waals surface area contributed by atoms with Crippen LogP contribution in [0.3, 0.4) is 0 Å². The summed E-state index contributed by atoms with van der Waals surface area (Å²) in [7, 11) is 0. The number of rotatable bonds is 25. The first kappa shape index (κ1) is 53.4. The van der Waals surface area contributed by atoms with E-state index in [2.05, 4.69) is 32.9 Å². The van der Waals surface area contributed by atoms with Crippen molar-refractivity contribution in [2.24, 2.45) is 5.92 Å². The van der Waals surface area contributed by atoms with Crippen LogP contribution >= 0.6 is 0 Å². The van der Waals surface area contributed by atoms with Gasteiger partial charge in [-0.2, -0.15) is 0 Å². The lowest BCUT2D eigenvalue weighted by Gasteiger charge is -2.20. The van der Waals surface area contributed by atoms with Gasteiger partial charge in [-0.15, -0.1) is 0 Å². The summed E-state index contributed by atoms with van der Waals surface area (Å²) >= 11 is 0. The summed E-state index contributed by atoms with van der Waals surface area (Å²) in [5.74, 6) is -4.03. The maximum atomic E-state index is 14.8. The lowest BCUT2D eigenvalue weighted by molar-refractivity contribution is -0.144. The van der Waals surface area contributed by atoms with Crippen LogP contribution in [0, 0.1) is 11.7 Å². The number of aliphatic hydroxyl groups excluding tert-OH is 2. The fourth-order valence-corrected chi connectivity index (χ4v) is 6.12. The van der Waals surface area contributed by atoms with Gasteiger partial charge in [0, 0.05) is 28.2 Å². The summed E-state index contributed by atoms with van der Waals surface area (Å²) in [5.41, 5.74) is 6.14. The zero-order chi connectivity index (χ0) is 50.1. The molecule has 0 heterocycles. The van der Waals surface area contributed by atoms with Gasteiger partial charge < -0.3 is 38.6 Å². The molecule has 358 valence electrons. The number of carbonyl (C=O) groups is 4. The normalized spacial score (nSPS) is 12.9. The molecule has 4 aromatic carbocycles. The second-order valence-corrected chi connectivity index (χ2v) is 16.5. The Morgan fingerprint density at radius 3 is 1.68 bits per heavy atom. The summed E-state index contributed by atoms with van der Waals surface area (Å²) in [6, 6.07) is 26.2. The van der Waals surface area contributed by atoms with Gasteiger partial charge in [-0.1, -0.05) is 106 Å². The maximum Gasteiger partial charge on any atom is 0.338 e. The molecule has 4 rings (SSSR count). The third-order valence-corrected chi connectivity index (χ3v) is 10.3. The van der Waals surface area contributed by atoms with Crippen molar-refractivity contribution < 1.29 is 62.2 Å². The molecule has 12 nitrogen and oxygen atoms in total. The molecule has 2 N–H and O–H groups in total. The molecular formula is C55H59FO12. The Morgan fingerprint density at radius 2 is 1.12 bits per heavy atom. The van der Waals surface area contributed by atoms with E-state index in [9.17, 15) is 33.8 Å². The fraction of sp³-hybridized carbons (Fsp3) is 0.273. The highest BCUT2D eigenvalue weighted by Gasteiger charge is 2.21. The predicted molar refractivity (Wildman–Crippen MR) is 258 cm³/mol. The fourth-order valence-electron chi connectivity index (χ4n) is 6.12. The van der Waals surface area contributed by atoms with E-state index in [-0.39, 0.29) is 60.9 Å². The van der Waals surface area contributed by atoms with Gasteiger partial charge in [-0.25, -0.2) is 23.6 Å². The van der Waals surface area contributed by atoms with Gasteiger partial charge in [0.2, 0.25) is 6.29 Å². The zero-order valence-electron chi connectivity index (χ0n) is 39.2. The highest BCUT2D eigenvalue weighted by molar-refractivity contribution is 5.90. The number of aliphatic hydroxyl groups is 2. The van der Waals surface area contributed by atoms with E-state index >= 15 is 0 Å². The topological polar surface area (TPSA) is 164 Å². The van der Waals surface area contributed by atoms with Gasteiger partial charge in [0.15, 0.2) is 17.9 Å². The van der Waals surface area contributed by atoms with Gasteiger partial charge in [0.05, 0.1) is 19.1 Å². The van der Waals surface area contributed by atoms with Crippen molar-refractivity contribution in [1.82, 2.24) is 0 Å². The van der Waals surface area contributed by atoms with Crippen molar-refractivity contribution >= 4 is 23.9 Å². The summed E-state index contributed by atoms with van der Waals surface area (Å²) in [4.78, 5) is 50.4. The first-order valence-electron chi connectivity index (χ1n) is 21.7. The second-order valence-electron chi connectivity index (χ2n) is 16.5. The minimum absolute atomic E-state index is 0.0181. The largest absolute Gasteiger partial charge is 0.462 e. The number of benzene rings is 4. The Morgan fingerprint density at radius 1 is 0.603 bits per heavy atom. The molecule has 0 aliphatic carbocycles. The third kappa shape index (κ3) is 16.6. The zero-order valence-corrected chi connectivity index (χ0v) is 39.2. The van der Waals surface area contributed by atoms with Gasteiger partial charge in [-0.05, 0) is 116 Å². The summed E-state index contributed by atoms with van der Waals surface area (Å²) in [6.45, 7) is 25.9. The monoisotopic (exact) mass is 930 g/mol. The van der Waals surface area contributed by atoms with E-state index < -0.39 is 54.1 Å². The number of hydrogen-bond acceptors (Lipinski definition) is 12. The molecule has 4 aromatic rings. The van der Waals surface area contributed by atoms with Crippen molar-refractivity contribution in [1.29, 1.82) is 0 Å². The SMILES string of the molecule is C=C(C)C(=O)OCC(COC(=O)C(=C)C/C=C(\C)C(=O)OCC(COC(O)C(=C)C)Cc1ccc(-c2ccc(OC(=O)C(=C)C)c(F)c2)cc1)c1ccc(-c2ccc(OC(O)C(=C)C)cc2)cc1. The van der Waals surface area contributed by atoms with E-state index in [1.54, 1.807) is 51.1 Å². The number of esters is 4. The second kappa shape index (κ2) is 25.6. The first-order chi connectivity index (χ1) is 32.2. The average molecular weight is 931 g/mol. The molecule has 0 aliphatic heterocycles. The average Bonchev–Trinajstić information content (AvgIpc) is 3.31. The summed E-state index contributed by atoms with van der Waals surface area (Å²) < 4.78 is 47.6. The highest BCUT2D eigenvalue weighted by Crippen LogP contribution is 2.29. The Labute approximate surface area is 397 Å². The molecule has 0 saturated heterocycles. The molecule has 0 aliphatic rings. The van der Waals surface area contributed by atoms with Gasteiger partial charge in [0.1, 0.15) is 19.0 Å². The molecule has 0 spiro atoms. The number of halogens is 1. The highest BCUT2D eigenvalue weighted by atomic mass is 19.1. The maximum absolute atomic E-state index is 14.8. The molecule has 0 saturated carbocycles. The van der Waals surface area contributed by atoms with Crippen LogP contribution in [-0.4, -0.2) is 73.1 Å². The van der Waals surface area contributed by atoms with Crippen LogP contribution in [0.1, 0.15) is 58.1 Å². The van der Waals surface area contributed by atoms with Crippen LogP contribution < -0.4 is 9.47 Å². The number of carbonyl (C=O) groups excluding carboxylic acids is 4. The van der Waals surface area contributed by atoms with Crippen molar-refractivity contribution in [3.63, 3.8) is 0 Å². The van der Waals surface area contributed by atoms with E-state index in [1.165, 1.54) is 32.1 Å². The number of hydrogen-bond donors (Lipinski definition) is 2. The minimum atomic E-state index is -1.22. The lowest BCUT2D eigenvalue weighted by Crippen LogP contribution is -2.25. The lowest BCUT2D eigenvalue weighted by atomic mass is 9.97. The van der Waals surface area contributed by atoms with Crippen LogP contribution in [0.4, 0.5) is 4.39 Å². The molecule has 4 unspecified atom stereocenters. The van der Waals surface area contributed by atoms with Crippen molar-refractivity contribution in [2.45, 2.75) is 66.0 Å². The number of allylic oxidation sites excluding steroid dienone is 1. The van der Waals surface area contributed by atoms with Gasteiger partial charge in [0.25, 0.3) is 0 Å². The Kier molecular flexibility index (Phi) is 20.1. The van der Waals surface area contributed by atoms with Crippen LogP contribution in [-0.2, 0) is 44.5 Å². The molecule has 13 heteroatoms. The Bertz CT molecular complexity index is 2520. The van der Waals surface area contributed by atoms with E-state index in [1.807, 2.05) is 48.5 Å². The molecule has 0 radical (unpaired) electrons. The summed E-state index contributed by atoms with van der Waals surface area (Å²) in [6.07, 6.45) is -0.466. The van der Waals surface area contributed by atoms with Crippen LogP contribution in [0.15, 0.2) is 163 Å². The molecule has 68 heavy (non-hydrogen) atoms. The molecule has 0 aromatic heterocycles. The van der Waals surface area contributed by atoms with E-state index in [0.717, 1.165) is 22.3 Å². The Balaban J connectivity index is 1.35. The van der Waals surface area contributed by atoms with Crippen LogP contribution in [0.2, 0.25) is 0 Å². The van der Waals surface area contributed by atoms with Crippen molar-refractivity contribution in [3.8, 4) is 33.8 Å². The third-order valence-electron chi connectivity index (χ3n) is 10.3. The van der Waals surface area contributed by atoms with E-state index in [4.69, 9.17) is 28.4 Å². The molecule has 0 amide bonds. The Hall–Kier alpha value is -7.19. The van der Waals surface area contributed by atoms with Crippen molar-refractivity contribution in [3.05, 3.63) is 180 Å². The quantitative estimate of drug-likeness (QED) is 0.0162. The standard InChI is InChI=1S/C55H59FO12/c1-33(2)50(57)63-29-40(27-39-13-15-43(16-14-39)45-23-26-49(48(56)28-45)68-53(60)36(7)8)30-64-54(61)37(9)11-12-38(10)55(62)66-32-46(31-65-51(58)34(3)4)44-19-17-41(18-20-44)42-21-24-47(25-22-42)67-52(59)35(5)6/h11,13-26,28,40,46,50,52,57,59H,1,3,5,7,10,12,27,29-32H2,2,4,6,8-9H3/b37-11+. The van der Waals surface area contributed by atoms with Gasteiger partial charge in [-0.3, -0.25) is 0 Å². The van der Waals surface area contributed by atoms with Crippen LogP contribution in [0.5, 0.6) is 11.5 Å². The summed E-state index contributed by atoms with van der Waals surface area (Å²) in [5, 5.41) is 20.2. The predicted octanol–water partition coefficient (Wildman–Crippen LogP) is 9.87. The molecule has 0 bridgehead atoms. The first-order valence-corrected chi connectivity index (χ1v) is 21.7. The minimum Gasteiger partial charge on any atom is -0.462 e. The molecular weight excluding hydrogens is 872 g/mol.